The zero-order chi connectivity index (χ0) is 17.9. The fraction of sp³-hybridized carbons (Fsp3) is 0.611. The lowest BCUT2D eigenvalue weighted by Crippen LogP contribution is -2.52. The maximum Gasteiger partial charge on any atom is 0.249 e. The maximum atomic E-state index is 12.6. The first-order valence-corrected chi connectivity index (χ1v) is 9.96. The summed E-state index contributed by atoms with van der Waals surface area (Å²) in [7, 11) is -1.01. The summed E-state index contributed by atoms with van der Waals surface area (Å²) in [6.45, 7) is 8.47. The van der Waals surface area contributed by atoms with Crippen molar-refractivity contribution in [3.8, 4) is 0 Å². The molecule has 1 heterocycles. The quantitative estimate of drug-likeness (QED) is 0.794. The number of carbonyl (C=O) groups excluding carboxylic acids is 1. The van der Waals surface area contributed by atoms with Crippen molar-refractivity contribution in [2.75, 3.05) is 19.0 Å². The van der Waals surface area contributed by atoms with Crippen LogP contribution in [0.15, 0.2) is 24.3 Å². The minimum absolute atomic E-state index is 0.0426. The van der Waals surface area contributed by atoms with Gasteiger partial charge in [-0.1, -0.05) is 30.7 Å². The molecular formula is C18H26ClNO3S. The molecule has 1 aliphatic rings. The summed E-state index contributed by atoms with van der Waals surface area (Å²) >= 11 is 5.97. The van der Waals surface area contributed by atoms with Gasteiger partial charge in [-0.3, -0.25) is 9.00 Å². The van der Waals surface area contributed by atoms with Crippen LogP contribution >= 0.6 is 11.6 Å². The molecule has 2 unspecified atom stereocenters. The first-order chi connectivity index (χ1) is 11.2. The second-order valence-electron chi connectivity index (χ2n) is 7.07. The predicted molar refractivity (Wildman–Crippen MR) is 98.7 cm³/mol. The molecule has 0 aromatic heterocycles. The fourth-order valence-electron chi connectivity index (χ4n) is 2.81. The van der Waals surface area contributed by atoms with Gasteiger partial charge in [0.2, 0.25) is 5.91 Å². The van der Waals surface area contributed by atoms with E-state index in [0.717, 1.165) is 12.0 Å². The van der Waals surface area contributed by atoms with Gasteiger partial charge in [0.15, 0.2) is 0 Å². The minimum Gasteiger partial charge on any atom is -0.369 e. The maximum absolute atomic E-state index is 12.6. The van der Waals surface area contributed by atoms with E-state index in [1.54, 1.807) is 0 Å². The molecule has 1 amide bonds. The number of hydrogen-bond donors (Lipinski definition) is 0. The topological polar surface area (TPSA) is 46.6 Å². The Morgan fingerprint density at radius 1 is 1.33 bits per heavy atom. The molecule has 1 fully saturated rings. The number of ether oxygens (including phenoxy) is 1. The first-order valence-electron chi connectivity index (χ1n) is 8.27. The third-order valence-electron chi connectivity index (χ3n) is 4.27. The molecule has 1 aromatic carbocycles. The SMILES string of the molecule is CC[C@@H](CS(=O)C(C)(C)C)N1C(=O)COCC1c1ccc(Cl)cc1. The van der Waals surface area contributed by atoms with Crippen LogP contribution < -0.4 is 0 Å². The number of hydrogen-bond acceptors (Lipinski definition) is 3. The monoisotopic (exact) mass is 371 g/mol. The molecule has 134 valence electrons. The van der Waals surface area contributed by atoms with Crippen LogP contribution in [0.4, 0.5) is 0 Å². The van der Waals surface area contributed by atoms with Gasteiger partial charge < -0.3 is 9.64 Å². The third kappa shape index (κ3) is 4.58. The van der Waals surface area contributed by atoms with Crippen LogP contribution in [-0.4, -0.2) is 44.8 Å². The lowest BCUT2D eigenvalue weighted by atomic mass is 10.0. The molecule has 4 nitrogen and oxygen atoms in total. The summed E-state index contributed by atoms with van der Waals surface area (Å²) in [5, 5.41) is 0.661. The molecule has 0 N–H and O–H groups in total. The van der Waals surface area contributed by atoms with Gasteiger partial charge in [0.05, 0.1) is 12.6 Å². The molecular weight excluding hydrogens is 346 g/mol. The molecule has 2 rings (SSSR count). The molecule has 24 heavy (non-hydrogen) atoms. The molecule has 3 atom stereocenters. The van der Waals surface area contributed by atoms with Crippen LogP contribution in [0.1, 0.15) is 45.7 Å². The van der Waals surface area contributed by atoms with Crippen LogP contribution in [0.2, 0.25) is 5.02 Å². The van der Waals surface area contributed by atoms with E-state index in [1.807, 2.05) is 56.9 Å². The smallest absolute Gasteiger partial charge is 0.249 e. The van der Waals surface area contributed by atoms with Crippen molar-refractivity contribution in [3.63, 3.8) is 0 Å². The highest BCUT2D eigenvalue weighted by atomic mass is 35.5. The fourth-order valence-corrected chi connectivity index (χ4v) is 4.18. The van der Waals surface area contributed by atoms with Crippen LogP contribution in [0.25, 0.3) is 0 Å². The van der Waals surface area contributed by atoms with Gasteiger partial charge in [0.25, 0.3) is 0 Å². The van der Waals surface area contributed by atoms with E-state index < -0.39 is 10.8 Å². The highest BCUT2D eigenvalue weighted by Gasteiger charge is 2.36. The van der Waals surface area contributed by atoms with E-state index in [4.69, 9.17) is 16.3 Å². The number of halogens is 1. The number of nitrogens with zero attached hydrogens (tertiary/aromatic N) is 1. The average Bonchev–Trinajstić information content (AvgIpc) is 2.52. The van der Waals surface area contributed by atoms with E-state index in [2.05, 4.69) is 0 Å². The number of carbonyl (C=O) groups is 1. The van der Waals surface area contributed by atoms with Gasteiger partial charge >= 0.3 is 0 Å². The zero-order valence-electron chi connectivity index (χ0n) is 14.8. The number of morpholine rings is 1. The summed E-state index contributed by atoms with van der Waals surface area (Å²) in [6.07, 6.45) is 0.762. The minimum atomic E-state index is -1.01. The highest BCUT2D eigenvalue weighted by Crippen LogP contribution is 2.30. The summed E-state index contributed by atoms with van der Waals surface area (Å²) in [5.74, 6) is 0.439. The molecule has 0 radical (unpaired) electrons. The summed E-state index contributed by atoms with van der Waals surface area (Å²) in [4.78, 5) is 14.4. The van der Waals surface area contributed by atoms with Crippen LogP contribution in [-0.2, 0) is 20.3 Å². The van der Waals surface area contributed by atoms with Crippen LogP contribution in [0.3, 0.4) is 0 Å². The molecule has 0 aliphatic carbocycles. The van der Waals surface area contributed by atoms with Crippen LogP contribution in [0, 0.1) is 0 Å². The van der Waals surface area contributed by atoms with Crippen molar-refractivity contribution in [1.29, 1.82) is 0 Å². The molecule has 1 aliphatic heterocycles. The molecule has 0 spiro atoms. The molecule has 1 aromatic rings. The lowest BCUT2D eigenvalue weighted by Gasteiger charge is -2.41. The van der Waals surface area contributed by atoms with E-state index in [-0.39, 0.29) is 29.3 Å². The van der Waals surface area contributed by atoms with Crippen molar-refractivity contribution >= 4 is 28.3 Å². The van der Waals surface area contributed by atoms with Crippen LogP contribution in [0.5, 0.6) is 0 Å². The molecule has 6 heteroatoms. The van der Waals surface area contributed by atoms with Gasteiger partial charge in [0, 0.05) is 32.4 Å². The van der Waals surface area contributed by atoms with Crippen molar-refractivity contribution in [3.05, 3.63) is 34.9 Å². The molecule has 1 saturated heterocycles. The second-order valence-corrected chi connectivity index (χ2v) is 9.76. The normalized spacial score (nSPS) is 21.6. The van der Waals surface area contributed by atoms with Gasteiger partial charge in [0.1, 0.15) is 6.61 Å². The Kier molecular flexibility index (Phi) is 6.46. The summed E-state index contributed by atoms with van der Waals surface area (Å²) < 4.78 is 17.8. The Morgan fingerprint density at radius 3 is 2.50 bits per heavy atom. The molecule has 0 bridgehead atoms. The number of amides is 1. The first kappa shape index (κ1) is 19.4. The predicted octanol–water partition coefficient (Wildman–Crippen LogP) is 3.57. The van der Waals surface area contributed by atoms with Gasteiger partial charge in [-0.25, -0.2) is 0 Å². The number of benzene rings is 1. The molecule has 0 saturated carbocycles. The Bertz CT molecular complexity index is 597. The van der Waals surface area contributed by atoms with Crippen molar-refractivity contribution in [2.24, 2.45) is 0 Å². The van der Waals surface area contributed by atoms with E-state index in [9.17, 15) is 9.00 Å². The van der Waals surface area contributed by atoms with Gasteiger partial charge in [-0.2, -0.15) is 0 Å². The Morgan fingerprint density at radius 2 is 1.96 bits per heavy atom. The van der Waals surface area contributed by atoms with E-state index in [1.165, 1.54) is 0 Å². The summed E-state index contributed by atoms with van der Waals surface area (Å²) in [6, 6.07) is 7.27. The van der Waals surface area contributed by atoms with Gasteiger partial charge in [-0.05, 0) is 44.9 Å². The highest BCUT2D eigenvalue weighted by molar-refractivity contribution is 7.86. The Labute approximate surface area is 152 Å². The standard InChI is InChI=1S/C18H26ClNO3S/c1-5-15(12-24(22)18(2,3)4)20-16(10-23-11-17(20)21)13-6-8-14(19)9-7-13/h6-9,15-16H,5,10-12H2,1-4H3/t15-,16?,24?/m0/s1. The van der Waals surface area contributed by atoms with Crippen molar-refractivity contribution < 1.29 is 13.7 Å². The largest absolute Gasteiger partial charge is 0.369 e. The second kappa shape index (κ2) is 7.98. The average molecular weight is 372 g/mol. The van der Waals surface area contributed by atoms with E-state index in [0.29, 0.717) is 17.4 Å². The zero-order valence-corrected chi connectivity index (χ0v) is 16.3. The lowest BCUT2D eigenvalue weighted by molar-refractivity contribution is -0.151. The Balaban J connectivity index is 2.28. The van der Waals surface area contributed by atoms with Gasteiger partial charge in [-0.15, -0.1) is 0 Å². The van der Waals surface area contributed by atoms with E-state index >= 15 is 0 Å². The number of rotatable bonds is 5. The van der Waals surface area contributed by atoms with Crippen molar-refractivity contribution in [1.82, 2.24) is 4.90 Å². The Hall–Kier alpha value is -0.910. The van der Waals surface area contributed by atoms with Crippen molar-refractivity contribution in [2.45, 2.75) is 50.9 Å². The third-order valence-corrected chi connectivity index (χ3v) is 6.58. The summed E-state index contributed by atoms with van der Waals surface area (Å²) in [5.41, 5.74) is 0.993.